The van der Waals surface area contributed by atoms with E-state index in [9.17, 15) is 9.90 Å². The van der Waals surface area contributed by atoms with Crippen molar-refractivity contribution in [2.45, 2.75) is 77.6 Å². The molecule has 4 rings (SSSR count). The van der Waals surface area contributed by atoms with Gasteiger partial charge in [0, 0.05) is 18.0 Å². The van der Waals surface area contributed by atoms with Crippen molar-refractivity contribution in [3.05, 3.63) is 85.9 Å². The van der Waals surface area contributed by atoms with Crippen LogP contribution in [0.2, 0.25) is 0 Å². The van der Waals surface area contributed by atoms with Gasteiger partial charge in [0.25, 0.3) is 0 Å². The number of thiazole rings is 1. The molecule has 0 radical (unpaired) electrons. The molecule has 4 heteroatoms. The minimum absolute atomic E-state index is 0.153. The first-order chi connectivity index (χ1) is 16.1. The molecule has 34 heavy (non-hydrogen) atoms. The third-order valence-electron chi connectivity index (χ3n) is 7.40. The molecule has 1 aliphatic carbocycles. The first kappa shape index (κ1) is 24.4. The van der Waals surface area contributed by atoms with Gasteiger partial charge in [-0.2, -0.15) is 0 Å². The number of carboxylic acids is 1. The Labute approximate surface area is 207 Å². The van der Waals surface area contributed by atoms with E-state index in [-0.39, 0.29) is 10.8 Å². The Balaban J connectivity index is 1.76. The average Bonchev–Trinajstić information content (AvgIpc) is 3.32. The number of carbonyl (C=O) groups is 1. The topological polar surface area (TPSA) is 50.2 Å². The van der Waals surface area contributed by atoms with Crippen LogP contribution in [0.4, 0.5) is 0 Å². The Morgan fingerprint density at radius 1 is 1.00 bits per heavy atom. The molecule has 0 aliphatic heterocycles. The van der Waals surface area contributed by atoms with Crippen molar-refractivity contribution >= 4 is 29.5 Å². The molecule has 1 aliphatic rings. The summed E-state index contributed by atoms with van der Waals surface area (Å²) >= 11 is 1.72. The minimum Gasteiger partial charge on any atom is -0.478 e. The summed E-state index contributed by atoms with van der Waals surface area (Å²) in [6.07, 6.45) is 11.2. The molecule has 0 atom stereocenters. The van der Waals surface area contributed by atoms with Crippen LogP contribution in [0.25, 0.3) is 12.2 Å². The zero-order chi connectivity index (χ0) is 24.5. The van der Waals surface area contributed by atoms with Crippen molar-refractivity contribution < 1.29 is 9.90 Å². The van der Waals surface area contributed by atoms with E-state index in [1.807, 2.05) is 30.6 Å². The van der Waals surface area contributed by atoms with Gasteiger partial charge in [-0.05, 0) is 76.0 Å². The Morgan fingerprint density at radius 2 is 1.71 bits per heavy atom. The summed E-state index contributed by atoms with van der Waals surface area (Å²) in [5.74, 6) is -0.864. The number of aromatic carboxylic acids is 1. The summed E-state index contributed by atoms with van der Waals surface area (Å²) < 4.78 is 0. The molecule has 1 N–H and O–H groups in total. The highest BCUT2D eigenvalue weighted by Crippen LogP contribution is 2.47. The number of rotatable bonds is 7. The fourth-order valence-electron chi connectivity index (χ4n) is 5.07. The summed E-state index contributed by atoms with van der Waals surface area (Å²) in [6, 6.07) is 10.5. The van der Waals surface area contributed by atoms with E-state index in [1.165, 1.54) is 40.1 Å². The lowest BCUT2D eigenvalue weighted by Crippen LogP contribution is -2.34. The second-order valence-electron chi connectivity index (χ2n) is 10.7. The molecule has 0 bridgehead atoms. The van der Waals surface area contributed by atoms with Crippen LogP contribution in [0.3, 0.4) is 0 Å². The number of hydrogen-bond donors (Lipinski definition) is 1. The molecule has 0 unspecified atom stereocenters. The first-order valence-corrected chi connectivity index (χ1v) is 13.1. The van der Waals surface area contributed by atoms with Crippen LogP contribution in [0.15, 0.2) is 41.9 Å². The predicted octanol–water partition coefficient (Wildman–Crippen LogP) is 7.71. The van der Waals surface area contributed by atoms with Crippen molar-refractivity contribution in [1.82, 2.24) is 4.98 Å². The third-order valence-corrected chi connectivity index (χ3v) is 8.24. The van der Waals surface area contributed by atoms with E-state index in [0.717, 1.165) is 24.0 Å². The van der Waals surface area contributed by atoms with Gasteiger partial charge >= 0.3 is 5.97 Å². The van der Waals surface area contributed by atoms with Crippen LogP contribution >= 0.6 is 11.3 Å². The Bertz CT molecular complexity index is 1220. The van der Waals surface area contributed by atoms with Gasteiger partial charge in [-0.3, -0.25) is 0 Å². The Hall–Kier alpha value is -2.72. The van der Waals surface area contributed by atoms with Crippen molar-refractivity contribution in [3.63, 3.8) is 0 Å². The highest BCUT2D eigenvalue weighted by atomic mass is 32.1. The maximum absolute atomic E-state index is 11.5. The van der Waals surface area contributed by atoms with E-state index in [1.54, 1.807) is 17.4 Å². The number of aromatic nitrogens is 1. The van der Waals surface area contributed by atoms with E-state index in [4.69, 9.17) is 0 Å². The van der Waals surface area contributed by atoms with Crippen molar-refractivity contribution in [2.75, 3.05) is 0 Å². The number of hydrogen-bond acceptors (Lipinski definition) is 3. The molecule has 2 aromatic carbocycles. The van der Waals surface area contributed by atoms with E-state index in [2.05, 4.69) is 57.0 Å². The lowest BCUT2D eigenvalue weighted by Gasteiger charge is -2.42. The SMILES string of the molecule is CCc1cc(C=Cc2cc3c(cc2CCc2nccs2)C(C)(C)CCC3(C)C)ccc1C(=O)O. The molecule has 0 saturated heterocycles. The fraction of sp³-hybridized carbons (Fsp3) is 0.400. The molecule has 0 fully saturated rings. The van der Waals surface area contributed by atoms with Gasteiger partial charge in [-0.25, -0.2) is 9.78 Å². The van der Waals surface area contributed by atoms with Gasteiger partial charge in [0.1, 0.15) is 0 Å². The number of fused-ring (bicyclic) bond motifs is 1. The van der Waals surface area contributed by atoms with Crippen LogP contribution < -0.4 is 0 Å². The van der Waals surface area contributed by atoms with Gasteiger partial charge in [-0.15, -0.1) is 11.3 Å². The van der Waals surface area contributed by atoms with Crippen molar-refractivity contribution in [1.29, 1.82) is 0 Å². The lowest BCUT2D eigenvalue weighted by atomic mass is 9.62. The molecule has 0 saturated carbocycles. The predicted molar refractivity (Wildman–Crippen MR) is 143 cm³/mol. The minimum atomic E-state index is -0.864. The van der Waals surface area contributed by atoms with Crippen LogP contribution in [0.1, 0.15) is 96.2 Å². The zero-order valence-electron chi connectivity index (χ0n) is 20.9. The monoisotopic (exact) mass is 473 g/mol. The number of carboxylic acid groups (broad SMARTS) is 1. The molecule has 0 amide bonds. The molecular weight excluding hydrogens is 438 g/mol. The van der Waals surface area contributed by atoms with E-state index in [0.29, 0.717) is 12.0 Å². The largest absolute Gasteiger partial charge is 0.478 e. The maximum Gasteiger partial charge on any atom is 0.335 e. The molecule has 3 aromatic rings. The standard InChI is InChI=1S/C30H35NO2S/c1-6-21-17-20(8-11-24(21)28(32)33)7-9-22-18-25-26(30(4,5)14-13-29(25,2)3)19-23(22)10-12-27-31-15-16-34-27/h7-9,11,15-19H,6,10,12-14H2,1-5H3,(H,32,33). The van der Waals surface area contributed by atoms with E-state index < -0.39 is 5.97 Å². The van der Waals surface area contributed by atoms with Crippen LogP contribution in [0, 0.1) is 0 Å². The van der Waals surface area contributed by atoms with Crippen LogP contribution in [0.5, 0.6) is 0 Å². The Morgan fingerprint density at radius 3 is 2.32 bits per heavy atom. The summed E-state index contributed by atoms with van der Waals surface area (Å²) in [6.45, 7) is 11.5. The number of aryl methyl sites for hydroxylation is 3. The normalized spacial score (nSPS) is 16.5. The van der Waals surface area contributed by atoms with Crippen LogP contribution in [-0.2, 0) is 30.1 Å². The summed E-state index contributed by atoms with van der Waals surface area (Å²) in [4.78, 5) is 16.0. The summed E-state index contributed by atoms with van der Waals surface area (Å²) in [7, 11) is 0. The van der Waals surface area contributed by atoms with Crippen LogP contribution in [-0.4, -0.2) is 16.1 Å². The number of benzene rings is 2. The summed E-state index contributed by atoms with van der Waals surface area (Å²) in [5.41, 5.74) is 8.16. The van der Waals surface area contributed by atoms with Gasteiger partial charge in [0.15, 0.2) is 0 Å². The second kappa shape index (κ2) is 9.50. The molecule has 1 heterocycles. The summed E-state index contributed by atoms with van der Waals surface area (Å²) in [5, 5.41) is 12.7. The quantitative estimate of drug-likeness (QED) is 0.358. The van der Waals surface area contributed by atoms with Gasteiger partial charge < -0.3 is 5.11 Å². The molecule has 1 aromatic heterocycles. The van der Waals surface area contributed by atoms with Crippen molar-refractivity contribution in [2.24, 2.45) is 0 Å². The Kier molecular flexibility index (Phi) is 6.82. The average molecular weight is 474 g/mol. The smallest absolute Gasteiger partial charge is 0.335 e. The molecule has 178 valence electrons. The fourth-order valence-corrected chi connectivity index (χ4v) is 5.69. The van der Waals surface area contributed by atoms with Gasteiger partial charge in [0.05, 0.1) is 10.6 Å². The number of nitrogens with zero attached hydrogens (tertiary/aromatic N) is 1. The van der Waals surface area contributed by atoms with Crippen molar-refractivity contribution in [3.8, 4) is 0 Å². The highest BCUT2D eigenvalue weighted by molar-refractivity contribution is 7.09. The zero-order valence-corrected chi connectivity index (χ0v) is 21.8. The first-order valence-electron chi connectivity index (χ1n) is 12.2. The van der Waals surface area contributed by atoms with Gasteiger partial charge in [-0.1, -0.05) is 71.0 Å². The molecular formula is C30H35NO2S. The third kappa shape index (κ3) is 5.02. The maximum atomic E-state index is 11.5. The molecule has 3 nitrogen and oxygen atoms in total. The van der Waals surface area contributed by atoms with E-state index >= 15 is 0 Å². The molecule has 0 spiro atoms. The van der Waals surface area contributed by atoms with Gasteiger partial charge in [0.2, 0.25) is 0 Å². The lowest BCUT2D eigenvalue weighted by molar-refractivity contribution is 0.0695. The second-order valence-corrected chi connectivity index (χ2v) is 11.7. The highest BCUT2D eigenvalue weighted by Gasteiger charge is 2.37.